The normalized spacial score (nSPS) is 12.8. The van der Waals surface area contributed by atoms with Gasteiger partial charge in [-0.25, -0.2) is 0 Å². The summed E-state index contributed by atoms with van der Waals surface area (Å²) < 4.78 is 17.3. The summed E-state index contributed by atoms with van der Waals surface area (Å²) in [6.45, 7) is 7.56. The first-order valence-corrected chi connectivity index (χ1v) is 24.5. The lowest BCUT2D eigenvalue weighted by atomic mass is 10.0. The highest BCUT2D eigenvalue weighted by Crippen LogP contribution is 2.14. The highest BCUT2D eigenvalue weighted by molar-refractivity contribution is 5.70. The smallest absolute Gasteiger partial charge is 0.306 e. The average Bonchev–Trinajstić information content (AvgIpc) is 3.22. The standard InChI is InChI=1S/C53H92O5/c1-4-7-10-13-16-19-21-23-24-25-26-27-28-29-31-33-36-39-42-45-48-56-49-51(58-53(55)47-44-41-38-34-18-15-12-9-6-3)50-57-52(54)46-43-40-37-35-32-30-22-20-17-14-11-8-5-2/h7,10,16,19,23-24,26-27,29,31,36,39,51H,4-6,8-9,11-15,17-18,20-22,25,28,30,32-35,37-38,40-50H2,1-3H3/b10-7-,19-16-,24-23-,27-26-,31-29-,39-36-. The fourth-order valence-corrected chi connectivity index (χ4v) is 6.64. The van der Waals surface area contributed by atoms with E-state index in [1.807, 2.05) is 0 Å². The van der Waals surface area contributed by atoms with Gasteiger partial charge >= 0.3 is 11.9 Å². The molecule has 0 N–H and O–H groups in total. The first kappa shape index (κ1) is 55.3. The number of allylic oxidation sites excluding steroid dienone is 12. The van der Waals surface area contributed by atoms with Crippen LogP contribution >= 0.6 is 0 Å². The van der Waals surface area contributed by atoms with Crippen molar-refractivity contribution in [3.05, 3.63) is 72.9 Å². The summed E-state index contributed by atoms with van der Waals surface area (Å²) in [5.41, 5.74) is 0. The molecule has 58 heavy (non-hydrogen) atoms. The highest BCUT2D eigenvalue weighted by atomic mass is 16.6. The molecule has 0 fully saturated rings. The van der Waals surface area contributed by atoms with Crippen LogP contribution in [0.1, 0.15) is 226 Å². The molecule has 0 bridgehead atoms. The van der Waals surface area contributed by atoms with Gasteiger partial charge in [-0.05, 0) is 64.2 Å². The summed E-state index contributed by atoms with van der Waals surface area (Å²) in [5, 5.41) is 0. The molecule has 0 aromatic carbocycles. The zero-order chi connectivity index (χ0) is 42.1. The maximum absolute atomic E-state index is 12.7. The molecule has 0 saturated carbocycles. The summed E-state index contributed by atoms with van der Waals surface area (Å²) >= 11 is 0. The van der Waals surface area contributed by atoms with Gasteiger partial charge in [-0.2, -0.15) is 0 Å². The molecule has 1 atom stereocenters. The van der Waals surface area contributed by atoms with Crippen molar-refractivity contribution < 1.29 is 23.8 Å². The van der Waals surface area contributed by atoms with E-state index >= 15 is 0 Å². The van der Waals surface area contributed by atoms with E-state index in [0.717, 1.165) is 77.0 Å². The monoisotopic (exact) mass is 809 g/mol. The number of carbonyl (C=O) groups excluding carboxylic acids is 2. The molecular weight excluding hydrogens is 717 g/mol. The second kappa shape index (κ2) is 48.7. The van der Waals surface area contributed by atoms with E-state index in [2.05, 4.69) is 93.7 Å². The summed E-state index contributed by atoms with van der Waals surface area (Å²) in [4.78, 5) is 25.2. The number of rotatable bonds is 44. The molecule has 0 rings (SSSR count). The van der Waals surface area contributed by atoms with Crippen molar-refractivity contribution in [2.75, 3.05) is 19.8 Å². The van der Waals surface area contributed by atoms with Gasteiger partial charge < -0.3 is 14.2 Å². The third kappa shape index (κ3) is 46.0. The SMILES string of the molecule is CC/C=C\C/C=C\C/C=C\C/C=C\C/C=C\C/C=C\CCCOCC(COC(=O)CCCCCCCCCCCCCCC)OC(=O)CCCCCCCCCCC. The largest absolute Gasteiger partial charge is 0.462 e. The summed E-state index contributed by atoms with van der Waals surface area (Å²) in [6.07, 6.45) is 62.0. The molecule has 0 aromatic heterocycles. The molecule has 0 spiro atoms. The van der Waals surface area contributed by atoms with Crippen LogP contribution in [0.4, 0.5) is 0 Å². The Hall–Kier alpha value is -2.66. The van der Waals surface area contributed by atoms with Gasteiger partial charge in [0.15, 0.2) is 6.10 Å². The topological polar surface area (TPSA) is 61.8 Å². The van der Waals surface area contributed by atoms with Crippen molar-refractivity contribution in [3.63, 3.8) is 0 Å². The Morgan fingerprint density at radius 2 is 0.759 bits per heavy atom. The van der Waals surface area contributed by atoms with Gasteiger partial charge in [0.2, 0.25) is 0 Å². The van der Waals surface area contributed by atoms with Crippen molar-refractivity contribution in [1.29, 1.82) is 0 Å². The van der Waals surface area contributed by atoms with Crippen molar-refractivity contribution in [2.45, 2.75) is 232 Å². The fourth-order valence-electron chi connectivity index (χ4n) is 6.64. The van der Waals surface area contributed by atoms with Crippen molar-refractivity contribution in [3.8, 4) is 0 Å². The Balaban J connectivity index is 4.30. The van der Waals surface area contributed by atoms with Gasteiger partial charge in [-0.3, -0.25) is 9.59 Å². The van der Waals surface area contributed by atoms with Gasteiger partial charge in [0.1, 0.15) is 6.61 Å². The first-order valence-electron chi connectivity index (χ1n) is 24.5. The Kier molecular flexibility index (Phi) is 46.5. The zero-order valence-corrected chi connectivity index (χ0v) is 38.3. The Morgan fingerprint density at radius 3 is 1.17 bits per heavy atom. The van der Waals surface area contributed by atoms with Crippen LogP contribution in [0.3, 0.4) is 0 Å². The van der Waals surface area contributed by atoms with Crippen LogP contribution in [0.2, 0.25) is 0 Å². The molecule has 0 amide bonds. The Morgan fingerprint density at radius 1 is 0.397 bits per heavy atom. The quantitative estimate of drug-likeness (QED) is 0.0348. The van der Waals surface area contributed by atoms with Crippen LogP contribution in [-0.4, -0.2) is 37.9 Å². The molecule has 334 valence electrons. The molecule has 0 aliphatic carbocycles. The van der Waals surface area contributed by atoms with E-state index in [-0.39, 0.29) is 25.2 Å². The fraction of sp³-hybridized carbons (Fsp3) is 0.736. The molecule has 1 unspecified atom stereocenters. The third-order valence-electron chi connectivity index (χ3n) is 10.3. The Labute approximate surface area is 359 Å². The number of esters is 2. The van der Waals surface area contributed by atoms with Crippen molar-refractivity contribution in [2.24, 2.45) is 0 Å². The number of hydrogen-bond acceptors (Lipinski definition) is 5. The van der Waals surface area contributed by atoms with Crippen LogP contribution in [0.5, 0.6) is 0 Å². The van der Waals surface area contributed by atoms with Gasteiger partial charge in [-0.15, -0.1) is 0 Å². The number of carbonyl (C=O) groups is 2. The van der Waals surface area contributed by atoms with Gasteiger partial charge in [0.25, 0.3) is 0 Å². The minimum atomic E-state index is -0.562. The molecule has 5 heteroatoms. The van der Waals surface area contributed by atoms with Gasteiger partial charge in [0, 0.05) is 19.4 Å². The lowest BCUT2D eigenvalue weighted by Crippen LogP contribution is -2.30. The highest BCUT2D eigenvalue weighted by Gasteiger charge is 2.17. The van der Waals surface area contributed by atoms with Crippen LogP contribution in [0.15, 0.2) is 72.9 Å². The lowest BCUT2D eigenvalue weighted by Gasteiger charge is -2.18. The Bertz CT molecular complexity index is 1050. The predicted molar refractivity (Wildman–Crippen MR) is 251 cm³/mol. The number of unbranched alkanes of at least 4 members (excludes halogenated alkanes) is 21. The van der Waals surface area contributed by atoms with Crippen LogP contribution < -0.4 is 0 Å². The summed E-state index contributed by atoms with van der Waals surface area (Å²) in [5.74, 6) is -0.428. The second-order valence-corrected chi connectivity index (χ2v) is 16.0. The minimum absolute atomic E-state index is 0.0634. The minimum Gasteiger partial charge on any atom is -0.462 e. The molecule has 0 aromatic rings. The maximum atomic E-state index is 12.7. The number of hydrogen-bond donors (Lipinski definition) is 0. The van der Waals surface area contributed by atoms with E-state index in [0.29, 0.717) is 19.4 Å². The van der Waals surface area contributed by atoms with E-state index in [1.165, 1.54) is 116 Å². The zero-order valence-electron chi connectivity index (χ0n) is 38.3. The van der Waals surface area contributed by atoms with Crippen LogP contribution in [0, 0.1) is 0 Å². The predicted octanol–water partition coefficient (Wildman–Crippen LogP) is 16.3. The molecule has 0 aliphatic rings. The molecule has 0 saturated heterocycles. The maximum Gasteiger partial charge on any atom is 0.306 e. The lowest BCUT2D eigenvalue weighted by molar-refractivity contribution is -0.163. The van der Waals surface area contributed by atoms with Crippen LogP contribution in [0.25, 0.3) is 0 Å². The number of ether oxygens (including phenoxy) is 3. The van der Waals surface area contributed by atoms with Crippen molar-refractivity contribution >= 4 is 11.9 Å². The van der Waals surface area contributed by atoms with E-state index < -0.39 is 6.10 Å². The average molecular weight is 809 g/mol. The van der Waals surface area contributed by atoms with Crippen LogP contribution in [-0.2, 0) is 23.8 Å². The van der Waals surface area contributed by atoms with E-state index in [4.69, 9.17) is 14.2 Å². The second-order valence-electron chi connectivity index (χ2n) is 16.0. The summed E-state index contributed by atoms with van der Waals surface area (Å²) in [6, 6.07) is 0. The van der Waals surface area contributed by atoms with Gasteiger partial charge in [0.05, 0.1) is 6.61 Å². The molecular formula is C53H92O5. The van der Waals surface area contributed by atoms with E-state index in [1.54, 1.807) is 0 Å². The molecule has 5 nitrogen and oxygen atoms in total. The van der Waals surface area contributed by atoms with Crippen molar-refractivity contribution in [1.82, 2.24) is 0 Å². The third-order valence-corrected chi connectivity index (χ3v) is 10.3. The first-order chi connectivity index (χ1) is 28.6. The van der Waals surface area contributed by atoms with Gasteiger partial charge in [-0.1, -0.05) is 222 Å². The molecule has 0 radical (unpaired) electrons. The van der Waals surface area contributed by atoms with E-state index in [9.17, 15) is 9.59 Å². The summed E-state index contributed by atoms with van der Waals surface area (Å²) in [7, 11) is 0. The molecule has 0 aliphatic heterocycles. The molecule has 0 heterocycles.